The molecule has 0 aromatic heterocycles. The Bertz CT molecular complexity index is 728. The monoisotopic (exact) mass is 328 g/mol. The number of hydrogen-bond donors (Lipinski definition) is 1. The maximum absolute atomic E-state index is 12.2. The highest BCUT2D eigenvalue weighted by molar-refractivity contribution is 6.30. The number of likely N-dealkylation sites (tertiary alicyclic amines) is 1. The van der Waals surface area contributed by atoms with Crippen LogP contribution >= 0.6 is 11.6 Å². The van der Waals surface area contributed by atoms with Crippen LogP contribution < -0.4 is 5.32 Å². The van der Waals surface area contributed by atoms with Gasteiger partial charge in [-0.15, -0.1) is 0 Å². The maximum atomic E-state index is 12.2. The van der Waals surface area contributed by atoms with Crippen molar-refractivity contribution in [3.8, 4) is 0 Å². The molecule has 4 nitrogen and oxygen atoms in total. The molecule has 23 heavy (non-hydrogen) atoms. The minimum Gasteiger partial charge on any atom is -0.338 e. The quantitative estimate of drug-likeness (QED) is 0.930. The molecule has 1 aliphatic heterocycles. The molecule has 118 valence electrons. The molecule has 2 aromatic carbocycles. The van der Waals surface area contributed by atoms with Crippen molar-refractivity contribution in [1.29, 1.82) is 0 Å². The number of halogens is 1. The van der Waals surface area contributed by atoms with Crippen LogP contribution in [-0.2, 0) is 11.3 Å². The minimum absolute atomic E-state index is 0.184. The number of rotatable bonds is 4. The second-order valence-corrected chi connectivity index (χ2v) is 6.02. The number of amides is 2. The molecular formula is C18H17ClN2O2. The van der Waals surface area contributed by atoms with E-state index in [0.29, 0.717) is 29.2 Å². The Morgan fingerprint density at radius 1 is 1.17 bits per heavy atom. The van der Waals surface area contributed by atoms with E-state index >= 15 is 0 Å². The Morgan fingerprint density at radius 2 is 1.96 bits per heavy atom. The molecule has 2 amide bonds. The molecule has 0 atom stereocenters. The maximum Gasteiger partial charge on any atom is 0.255 e. The van der Waals surface area contributed by atoms with Gasteiger partial charge in [0, 0.05) is 35.8 Å². The molecule has 1 aliphatic rings. The third-order valence-electron chi connectivity index (χ3n) is 3.84. The Morgan fingerprint density at radius 3 is 2.65 bits per heavy atom. The van der Waals surface area contributed by atoms with Gasteiger partial charge in [-0.2, -0.15) is 0 Å². The molecule has 1 heterocycles. The van der Waals surface area contributed by atoms with Crippen LogP contribution in [-0.4, -0.2) is 23.3 Å². The van der Waals surface area contributed by atoms with Gasteiger partial charge < -0.3 is 10.2 Å². The van der Waals surface area contributed by atoms with Crippen LogP contribution in [0.3, 0.4) is 0 Å². The van der Waals surface area contributed by atoms with E-state index in [2.05, 4.69) is 5.32 Å². The van der Waals surface area contributed by atoms with Crippen LogP contribution in [0.4, 0.5) is 5.69 Å². The summed E-state index contributed by atoms with van der Waals surface area (Å²) in [5, 5.41) is 3.46. The third-order valence-corrected chi connectivity index (χ3v) is 4.09. The fraction of sp³-hybridized carbons (Fsp3) is 0.222. The van der Waals surface area contributed by atoms with Gasteiger partial charge in [-0.1, -0.05) is 23.7 Å². The van der Waals surface area contributed by atoms with Crippen molar-refractivity contribution in [3.63, 3.8) is 0 Å². The predicted octanol–water partition coefficient (Wildman–Crippen LogP) is 3.71. The highest BCUT2D eigenvalue weighted by Crippen LogP contribution is 2.18. The summed E-state index contributed by atoms with van der Waals surface area (Å²) in [6, 6.07) is 14.3. The molecule has 0 spiro atoms. The van der Waals surface area contributed by atoms with Crippen molar-refractivity contribution < 1.29 is 9.59 Å². The fourth-order valence-corrected chi connectivity index (χ4v) is 2.77. The molecule has 5 heteroatoms. The zero-order valence-electron chi connectivity index (χ0n) is 12.6. The Labute approximate surface area is 140 Å². The summed E-state index contributed by atoms with van der Waals surface area (Å²) in [7, 11) is 0. The minimum atomic E-state index is -0.184. The van der Waals surface area contributed by atoms with E-state index in [-0.39, 0.29) is 11.8 Å². The van der Waals surface area contributed by atoms with Crippen molar-refractivity contribution in [3.05, 3.63) is 64.7 Å². The lowest BCUT2D eigenvalue weighted by molar-refractivity contribution is -0.128. The summed E-state index contributed by atoms with van der Waals surface area (Å²) >= 11 is 5.83. The van der Waals surface area contributed by atoms with Gasteiger partial charge in [0.15, 0.2) is 0 Å². The van der Waals surface area contributed by atoms with Gasteiger partial charge in [0.25, 0.3) is 5.91 Å². The number of anilines is 1. The standard InChI is InChI=1S/C18H17ClN2O2/c19-15-8-6-14(7-9-15)18(23)20-16-4-1-3-13(11-16)12-21-10-2-5-17(21)22/h1,3-4,6-9,11H,2,5,10,12H2,(H,20,23). The normalized spacial score (nSPS) is 14.1. The molecule has 3 rings (SSSR count). The van der Waals surface area contributed by atoms with Crippen molar-refractivity contribution in [2.75, 3.05) is 11.9 Å². The second-order valence-electron chi connectivity index (χ2n) is 5.58. The average Bonchev–Trinajstić information content (AvgIpc) is 2.93. The molecule has 1 saturated heterocycles. The van der Waals surface area contributed by atoms with Gasteiger partial charge in [-0.25, -0.2) is 0 Å². The van der Waals surface area contributed by atoms with Crippen LogP contribution in [0.25, 0.3) is 0 Å². The Kier molecular flexibility index (Phi) is 4.63. The van der Waals surface area contributed by atoms with Crippen molar-refractivity contribution in [2.24, 2.45) is 0 Å². The summed E-state index contributed by atoms with van der Waals surface area (Å²) in [5.74, 6) is 0.0108. The number of nitrogens with zero attached hydrogens (tertiary/aromatic N) is 1. The number of benzene rings is 2. The van der Waals surface area contributed by atoms with Crippen molar-refractivity contribution >= 4 is 29.1 Å². The Balaban J connectivity index is 1.68. The zero-order chi connectivity index (χ0) is 16.2. The highest BCUT2D eigenvalue weighted by atomic mass is 35.5. The number of nitrogens with one attached hydrogen (secondary N) is 1. The zero-order valence-corrected chi connectivity index (χ0v) is 13.3. The largest absolute Gasteiger partial charge is 0.338 e. The van der Waals surface area contributed by atoms with Crippen LogP contribution in [0.5, 0.6) is 0 Å². The smallest absolute Gasteiger partial charge is 0.255 e. The number of carbonyl (C=O) groups is 2. The lowest BCUT2D eigenvalue weighted by Gasteiger charge is -2.16. The first kappa shape index (κ1) is 15.6. The van der Waals surface area contributed by atoms with Gasteiger partial charge in [0.05, 0.1) is 0 Å². The first-order valence-corrected chi connectivity index (χ1v) is 7.93. The average molecular weight is 329 g/mol. The molecule has 1 N–H and O–H groups in total. The SMILES string of the molecule is O=C(Nc1cccc(CN2CCCC2=O)c1)c1ccc(Cl)cc1. The van der Waals surface area contributed by atoms with Crippen molar-refractivity contribution in [1.82, 2.24) is 4.90 Å². The number of carbonyl (C=O) groups excluding carboxylic acids is 2. The van der Waals surface area contributed by atoms with Crippen LogP contribution in [0, 0.1) is 0 Å². The van der Waals surface area contributed by atoms with Gasteiger partial charge in [-0.3, -0.25) is 9.59 Å². The molecular weight excluding hydrogens is 312 g/mol. The molecule has 0 bridgehead atoms. The van der Waals surface area contributed by atoms with E-state index in [9.17, 15) is 9.59 Å². The van der Waals surface area contributed by atoms with Crippen LogP contribution in [0.15, 0.2) is 48.5 Å². The predicted molar refractivity (Wildman–Crippen MR) is 90.5 cm³/mol. The van der Waals surface area contributed by atoms with Gasteiger partial charge >= 0.3 is 0 Å². The summed E-state index contributed by atoms with van der Waals surface area (Å²) < 4.78 is 0. The number of hydrogen-bond acceptors (Lipinski definition) is 2. The summed E-state index contributed by atoms with van der Waals surface area (Å²) in [6.07, 6.45) is 1.55. The van der Waals surface area contributed by atoms with E-state index in [1.54, 1.807) is 24.3 Å². The van der Waals surface area contributed by atoms with E-state index < -0.39 is 0 Å². The van der Waals surface area contributed by atoms with Gasteiger partial charge in [0.1, 0.15) is 0 Å². The molecule has 0 aliphatic carbocycles. The van der Waals surface area contributed by atoms with Crippen LogP contribution in [0.2, 0.25) is 5.02 Å². The van der Waals surface area contributed by atoms with E-state index in [1.807, 2.05) is 29.2 Å². The van der Waals surface area contributed by atoms with Gasteiger partial charge in [-0.05, 0) is 48.4 Å². The second kappa shape index (κ2) is 6.84. The van der Waals surface area contributed by atoms with E-state index in [0.717, 1.165) is 18.5 Å². The summed E-state index contributed by atoms with van der Waals surface area (Å²) in [6.45, 7) is 1.39. The van der Waals surface area contributed by atoms with E-state index in [1.165, 1.54) is 0 Å². The topological polar surface area (TPSA) is 49.4 Å². The first-order chi connectivity index (χ1) is 11.1. The van der Waals surface area contributed by atoms with Crippen molar-refractivity contribution in [2.45, 2.75) is 19.4 Å². The first-order valence-electron chi connectivity index (χ1n) is 7.55. The van der Waals surface area contributed by atoms with Crippen LogP contribution in [0.1, 0.15) is 28.8 Å². The summed E-state index contributed by atoms with van der Waals surface area (Å²) in [5.41, 5.74) is 2.28. The third kappa shape index (κ3) is 3.90. The molecule has 1 fully saturated rings. The lowest BCUT2D eigenvalue weighted by atomic mass is 10.1. The fourth-order valence-electron chi connectivity index (χ4n) is 2.64. The molecule has 0 unspecified atom stereocenters. The molecule has 2 aromatic rings. The van der Waals surface area contributed by atoms with Gasteiger partial charge in [0.2, 0.25) is 5.91 Å². The van der Waals surface area contributed by atoms with E-state index in [4.69, 9.17) is 11.6 Å². The lowest BCUT2D eigenvalue weighted by Crippen LogP contribution is -2.23. The Hall–Kier alpha value is -2.33. The molecule has 0 radical (unpaired) electrons. The highest BCUT2D eigenvalue weighted by Gasteiger charge is 2.20. The summed E-state index contributed by atoms with van der Waals surface area (Å²) in [4.78, 5) is 25.8. The molecule has 0 saturated carbocycles.